The number of urea groups is 1. The second kappa shape index (κ2) is 2.48. The monoisotopic (exact) mass is 192 g/mol. The van der Waals surface area contributed by atoms with E-state index in [1.54, 1.807) is 6.92 Å². The van der Waals surface area contributed by atoms with Crippen LogP contribution in [-0.2, 0) is 4.79 Å². The first-order valence-corrected chi connectivity index (χ1v) is 4.11. The summed E-state index contributed by atoms with van der Waals surface area (Å²) in [6.45, 7) is 1.70. The van der Waals surface area contributed by atoms with E-state index in [2.05, 4.69) is 5.32 Å². The van der Waals surface area contributed by atoms with Gasteiger partial charge in [-0.25, -0.2) is 4.79 Å². The molecule has 2 rings (SSSR count). The predicted octanol–water partition coefficient (Wildman–Crippen LogP) is -0.750. The van der Waals surface area contributed by atoms with Crippen LogP contribution in [0.3, 0.4) is 0 Å². The molecule has 6 heteroatoms. The number of hydrogen-bond acceptors (Lipinski definition) is 4. The van der Waals surface area contributed by atoms with Crippen molar-refractivity contribution in [3.05, 3.63) is 11.4 Å². The first kappa shape index (κ1) is 8.56. The first-order valence-electron chi connectivity index (χ1n) is 4.11. The van der Waals surface area contributed by atoms with Crippen LogP contribution in [0, 0.1) is 17.2 Å². The number of amides is 3. The third-order valence-corrected chi connectivity index (χ3v) is 2.58. The van der Waals surface area contributed by atoms with E-state index in [0.717, 1.165) is 4.90 Å². The predicted molar refractivity (Wildman–Crippen MR) is 45.2 cm³/mol. The van der Waals surface area contributed by atoms with Crippen molar-refractivity contribution in [1.29, 1.82) is 5.26 Å². The van der Waals surface area contributed by atoms with Crippen LogP contribution in [0.4, 0.5) is 4.79 Å². The summed E-state index contributed by atoms with van der Waals surface area (Å²) in [6, 6.07) is 0.726. The number of carbonyl (C=O) groups excluding carboxylic acids is 2. The van der Waals surface area contributed by atoms with E-state index in [1.165, 1.54) is 0 Å². The molecule has 0 bridgehead atoms. The van der Waals surface area contributed by atoms with Gasteiger partial charge in [0.25, 0.3) is 5.91 Å². The fourth-order valence-electron chi connectivity index (χ4n) is 1.87. The molecule has 0 saturated carbocycles. The highest BCUT2D eigenvalue weighted by molar-refractivity contribution is 6.06. The maximum Gasteiger partial charge on any atom is 0.330 e. The number of carbonyl (C=O) groups is 2. The number of nitrogens with one attached hydrogen (secondary N) is 1. The molecule has 0 aliphatic carbocycles. The molecule has 0 aromatic carbocycles. The summed E-state index contributed by atoms with van der Waals surface area (Å²) in [6.07, 6.45) is 0. The molecule has 3 amide bonds. The van der Waals surface area contributed by atoms with E-state index >= 15 is 0 Å². The lowest BCUT2D eigenvalue weighted by Crippen LogP contribution is -2.35. The van der Waals surface area contributed by atoms with Crippen molar-refractivity contribution in [2.45, 2.75) is 13.0 Å². The van der Waals surface area contributed by atoms with Gasteiger partial charge in [-0.2, -0.15) is 5.26 Å². The number of imide groups is 1. The highest BCUT2D eigenvalue weighted by Gasteiger charge is 2.50. The van der Waals surface area contributed by atoms with E-state index in [0.29, 0.717) is 5.57 Å². The smallest absolute Gasteiger partial charge is 0.330 e. The van der Waals surface area contributed by atoms with Crippen LogP contribution in [0.15, 0.2) is 11.4 Å². The summed E-state index contributed by atoms with van der Waals surface area (Å²) in [7, 11) is 0. The van der Waals surface area contributed by atoms with Crippen LogP contribution in [0.5, 0.6) is 0 Å². The highest BCUT2D eigenvalue weighted by Crippen LogP contribution is 2.33. The molecule has 2 aliphatic rings. The van der Waals surface area contributed by atoms with Gasteiger partial charge in [0.15, 0.2) is 0 Å². The maximum atomic E-state index is 11.3. The third kappa shape index (κ3) is 0.785. The molecule has 3 N–H and O–H groups in total. The van der Waals surface area contributed by atoms with E-state index in [-0.39, 0.29) is 11.7 Å². The van der Waals surface area contributed by atoms with Crippen molar-refractivity contribution in [1.82, 2.24) is 10.2 Å². The maximum absolute atomic E-state index is 11.3. The van der Waals surface area contributed by atoms with E-state index in [4.69, 9.17) is 11.0 Å². The van der Waals surface area contributed by atoms with Crippen molar-refractivity contribution in [2.24, 2.45) is 11.7 Å². The van der Waals surface area contributed by atoms with Crippen LogP contribution < -0.4 is 11.1 Å². The zero-order valence-electron chi connectivity index (χ0n) is 7.44. The normalized spacial score (nSPS) is 30.4. The number of nitriles is 1. The molecule has 2 unspecified atom stereocenters. The Labute approximate surface area is 80.0 Å². The summed E-state index contributed by atoms with van der Waals surface area (Å²) in [4.78, 5) is 23.7. The number of rotatable bonds is 0. The van der Waals surface area contributed by atoms with Crippen molar-refractivity contribution < 1.29 is 9.59 Å². The summed E-state index contributed by atoms with van der Waals surface area (Å²) >= 11 is 0. The van der Waals surface area contributed by atoms with Crippen LogP contribution >= 0.6 is 0 Å². The number of nitrogens with zero attached hydrogens (tertiary/aromatic N) is 2. The largest absolute Gasteiger partial charge is 0.384 e. The van der Waals surface area contributed by atoms with Gasteiger partial charge >= 0.3 is 6.03 Å². The minimum atomic E-state index is -0.642. The van der Waals surface area contributed by atoms with E-state index in [9.17, 15) is 9.59 Å². The summed E-state index contributed by atoms with van der Waals surface area (Å²) in [5.41, 5.74) is 5.89. The molecular weight excluding hydrogens is 184 g/mol. The average Bonchev–Trinajstić information content (AvgIpc) is 2.53. The molecule has 6 nitrogen and oxygen atoms in total. The Hall–Kier alpha value is -2.03. The van der Waals surface area contributed by atoms with Gasteiger partial charge in [-0.15, -0.1) is 0 Å². The Morgan fingerprint density at radius 2 is 2.21 bits per heavy atom. The third-order valence-electron chi connectivity index (χ3n) is 2.58. The first-order chi connectivity index (χ1) is 6.57. The van der Waals surface area contributed by atoms with Crippen LogP contribution in [-0.4, -0.2) is 22.9 Å². The Bertz CT molecular complexity index is 406. The minimum absolute atomic E-state index is 0.0911. The molecule has 0 aromatic heterocycles. The SMILES string of the molecule is CC1C(C#N)=C(N)N2C(=O)NC(=O)C12. The molecule has 2 aliphatic heterocycles. The van der Waals surface area contributed by atoms with Crippen molar-refractivity contribution in [2.75, 3.05) is 0 Å². The van der Waals surface area contributed by atoms with Gasteiger partial charge in [0.2, 0.25) is 0 Å². The van der Waals surface area contributed by atoms with Gasteiger partial charge < -0.3 is 5.73 Å². The van der Waals surface area contributed by atoms with Gasteiger partial charge in [-0.1, -0.05) is 6.92 Å². The average molecular weight is 192 g/mol. The Balaban J connectivity index is 2.50. The lowest BCUT2D eigenvalue weighted by atomic mass is 9.98. The number of hydrogen-bond donors (Lipinski definition) is 2. The van der Waals surface area contributed by atoms with E-state index in [1.807, 2.05) is 6.07 Å². The molecule has 1 saturated heterocycles. The van der Waals surface area contributed by atoms with Gasteiger partial charge in [0.1, 0.15) is 11.9 Å². The lowest BCUT2D eigenvalue weighted by molar-refractivity contribution is -0.121. The highest BCUT2D eigenvalue weighted by atomic mass is 16.2. The van der Waals surface area contributed by atoms with Crippen LogP contribution in [0.1, 0.15) is 6.92 Å². The van der Waals surface area contributed by atoms with Gasteiger partial charge in [0.05, 0.1) is 11.6 Å². The summed E-state index contributed by atoms with van der Waals surface area (Å²) in [5.74, 6) is -0.629. The Kier molecular flexibility index (Phi) is 1.52. The summed E-state index contributed by atoms with van der Waals surface area (Å²) in [5, 5.41) is 10.9. The molecule has 0 spiro atoms. The van der Waals surface area contributed by atoms with E-state index < -0.39 is 18.0 Å². The number of nitrogens with two attached hydrogens (primary N) is 1. The molecule has 1 fully saturated rings. The zero-order valence-corrected chi connectivity index (χ0v) is 7.44. The van der Waals surface area contributed by atoms with Gasteiger partial charge in [0, 0.05) is 5.92 Å². The molecule has 14 heavy (non-hydrogen) atoms. The second-order valence-corrected chi connectivity index (χ2v) is 3.31. The molecule has 72 valence electrons. The van der Waals surface area contributed by atoms with Crippen LogP contribution in [0.2, 0.25) is 0 Å². The van der Waals surface area contributed by atoms with Gasteiger partial charge in [-0.3, -0.25) is 15.0 Å². The summed E-state index contributed by atoms with van der Waals surface area (Å²) < 4.78 is 0. The molecule has 0 aromatic rings. The fraction of sp³-hybridized carbons (Fsp3) is 0.375. The van der Waals surface area contributed by atoms with Crippen molar-refractivity contribution >= 4 is 11.9 Å². The zero-order chi connectivity index (χ0) is 10.5. The van der Waals surface area contributed by atoms with Crippen LogP contribution in [0.25, 0.3) is 0 Å². The topological polar surface area (TPSA) is 99.2 Å². The Morgan fingerprint density at radius 3 is 2.71 bits per heavy atom. The standard InChI is InChI=1S/C8H8N4O2/c1-3-4(2-9)6(10)12-5(3)7(13)11-8(12)14/h3,5H,10H2,1H3,(H,11,13,14). The molecular formula is C8H8N4O2. The lowest BCUT2D eigenvalue weighted by Gasteiger charge is -2.14. The van der Waals surface area contributed by atoms with Gasteiger partial charge in [-0.05, 0) is 0 Å². The van der Waals surface area contributed by atoms with Crippen molar-refractivity contribution in [3.63, 3.8) is 0 Å². The molecule has 0 radical (unpaired) electrons. The minimum Gasteiger partial charge on any atom is -0.384 e. The fourth-order valence-corrected chi connectivity index (χ4v) is 1.87. The quantitative estimate of drug-likeness (QED) is 0.493. The number of fused-ring (bicyclic) bond motifs is 1. The molecule has 2 atom stereocenters. The second-order valence-electron chi connectivity index (χ2n) is 3.31. The van der Waals surface area contributed by atoms with Crippen molar-refractivity contribution in [3.8, 4) is 6.07 Å². The Morgan fingerprint density at radius 1 is 1.57 bits per heavy atom. The molecule has 2 heterocycles.